The number of rotatable bonds is 7. The van der Waals surface area contributed by atoms with Gasteiger partial charge in [-0.3, -0.25) is 9.59 Å². The maximum Gasteiger partial charge on any atom is 0.291 e. The first-order valence-electron chi connectivity index (χ1n) is 11.0. The summed E-state index contributed by atoms with van der Waals surface area (Å²) in [5, 5.41) is 5.23. The van der Waals surface area contributed by atoms with Crippen molar-refractivity contribution < 1.29 is 18.7 Å². The summed E-state index contributed by atoms with van der Waals surface area (Å²) >= 11 is 6.13. The van der Waals surface area contributed by atoms with Gasteiger partial charge in [0, 0.05) is 21.5 Å². The zero-order chi connectivity index (χ0) is 24.2. The van der Waals surface area contributed by atoms with Gasteiger partial charge in [0.1, 0.15) is 18.1 Å². The van der Waals surface area contributed by atoms with E-state index in [9.17, 15) is 9.59 Å². The Morgan fingerprint density at radius 2 is 1.60 bits per heavy atom. The minimum Gasteiger partial charge on any atom is -0.485 e. The number of hydrogen-bond donors (Lipinski definition) is 1. The third-order valence-corrected chi connectivity index (χ3v) is 5.75. The van der Waals surface area contributed by atoms with E-state index in [0.29, 0.717) is 27.6 Å². The van der Waals surface area contributed by atoms with Crippen LogP contribution in [0.15, 0.2) is 108 Å². The van der Waals surface area contributed by atoms with Crippen LogP contribution in [0.1, 0.15) is 32.2 Å². The number of fused-ring (bicyclic) bond motifs is 1. The van der Waals surface area contributed by atoms with E-state index in [4.69, 9.17) is 20.8 Å². The molecule has 6 heteroatoms. The number of ketones is 1. The molecule has 1 aromatic heterocycles. The van der Waals surface area contributed by atoms with Gasteiger partial charge in [0.2, 0.25) is 0 Å². The molecule has 5 nitrogen and oxygen atoms in total. The van der Waals surface area contributed by atoms with Gasteiger partial charge in [-0.25, -0.2) is 0 Å². The van der Waals surface area contributed by atoms with Crippen LogP contribution in [-0.2, 0) is 6.61 Å². The summed E-state index contributed by atoms with van der Waals surface area (Å²) in [5.41, 5.74) is 1.14. The van der Waals surface area contributed by atoms with Gasteiger partial charge in [-0.2, -0.15) is 0 Å². The van der Waals surface area contributed by atoms with E-state index >= 15 is 0 Å². The molecule has 0 aliphatic carbocycles. The quantitative estimate of drug-likeness (QED) is 0.251. The van der Waals surface area contributed by atoms with Crippen LogP contribution in [-0.4, -0.2) is 11.7 Å². The Bertz CT molecular complexity index is 1520. The van der Waals surface area contributed by atoms with Crippen molar-refractivity contribution in [2.75, 3.05) is 5.32 Å². The molecule has 1 heterocycles. The predicted octanol–water partition coefficient (Wildman–Crippen LogP) is 7.15. The van der Waals surface area contributed by atoms with Gasteiger partial charge < -0.3 is 14.5 Å². The summed E-state index contributed by atoms with van der Waals surface area (Å²) in [6.07, 6.45) is 0. The molecule has 5 aromatic rings. The van der Waals surface area contributed by atoms with Crippen LogP contribution in [0.4, 0.5) is 5.69 Å². The Balaban J connectivity index is 1.31. The molecule has 0 aliphatic rings. The van der Waals surface area contributed by atoms with E-state index in [1.165, 1.54) is 6.07 Å². The average Bonchev–Trinajstić information content (AvgIpc) is 3.38. The Kier molecular flexibility index (Phi) is 6.33. The summed E-state index contributed by atoms with van der Waals surface area (Å²) in [5.74, 6) is 0.614. The summed E-state index contributed by atoms with van der Waals surface area (Å²) in [7, 11) is 0. The number of nitrogens with one attached hydrogen (secondary N) is 1. The van der Waals surface area contributed by atoms with Crippen molar-refractivity contribution >= 4 is 39.8 Å². The van der Waals surface area contributed by atoms with Gasteiger partial charge in [-0.15, -0.1) is 0 Å². The lowest BCUT2D eigenvalue weighted by atomic mass is 10.0. The highest BCUT2D eigenvalue weighted by atomic mass is 35.5. The molecule has 4 aromatic carbocycles. The first-order chi connectivity index (χ1) is 17.1. The topological polar surface area (TPSA) is 68.5 Å². The van der Waals surface area contributed by atoms with E-state index in [2.05, 4.69) is 5.32 Å². The number of carbonyl (C=O) groups excluding carboxylic acids is 2. The third kappa shape index (κ3) is 4.95. The van der Waals surface area contributed by atoms with Gasteiger partial charge in [0.05, 0.1) is 5.69 Å². The van der Waals surface area contributed by atoms with Gasteiger partial charge in [-0.1, -0.05) is 78.3 Å². The zero-order valence-corrected chi connectivity index (χ0v) is 19.3. The molecular weight excluding hydrogens is 462 g/mol. The van der Waals surface area contributed by atoms with Crippen LogP contribution in [0.25, 0.3) is 10.8 Å². The Labute approximate surface area is 206 Å². The highest BCUT2D eigenvalue weighted by molar-refractivity contribution is 6.31. The molecule has 0 aliphatic heterocycles. The maximum absolute atomic E-state index is 13.0. The van der Waals surface area contributed by atoms with Gasteiger partial charge in [0.15, 0.2) is 11.5 Å². The van der Waals surface area contributed by atoms with Crippen LogP contribution < -0.4 is 10.1 Å². The summed E-state index contributed by atoms with van der Waals surface area (Å²) in [6, 6.07) is 30.6. The molecule has 5 rings (SSSR count). The van der Waals surface area contributed by atoms with Crippen molar-refractivity contribution in [1.82, 2.24) is 0 Å². The van der Waals surface area contributed by atoms with Crippen LogP contribution in [0, 0.1) is 0 Å². The second-order valence-electron chi connectivity index (χ2n) is 7.87. The Morgan fingerprint density at radius 3 is 2.46 bits per heavy atom. The van der Waals surface area contributed by atoms with Crippen molar-refractivity contribution in [3.63, 3.8) is 0 Å². The fraction of sp³-hybridized carbons (Fsp3) is 0.0345. The molecule has 0 spiro atoms. The SMILES string of the molecule is O=C(Nc1ccc(Cl)cc1C(=O)c1ccccc1)c1ccc(COc2cccc3ccccc23)o1. The largest absolute Gasteiger partial charge is 0.485 e. The zero-order valence-electron chi connectivity index (χ0n) is 18.5. The lowest BCUT2D eigenvalue weighted by Crippen LogP contribution is -2.14. The normalized spacial score (nSPS) is 10.8. The lowest BCUT2D eigenvalue weighted by Gasteiger charge is -2.10. The van der Waals surface area contributed by atoms with Crippen LogP contribution >= 0.6 is 11.6 Å². The molecule has 0 atom stereocenters. The molecule has 0 saturated heterocycles. The fourth-order valence-electron chi connectivity index (χ4n) is 3.79. The molecule has 0 saturated carbocycles. The molecule has 1 amide bonds. The predicted molar refractivity (Wildman–Crippen MR) is 136 cm³/mol. The Hall–Kier alpha value is -4.35. The van der Waals surface area contributed by atoms with Crippen LogP contribution in [0.2, 0.25) is 5.02 Å². The summed E-state index contributed by atoms with van der Waals surface area (Å²) in [6.45, 7) is 0.167. The maximum atomic E-state index is 13.0. The number of amides is 1. The van der Waals surface area contributed by atoms with E-state index in [-0.39, 0.29) is 18.2 Å². The highest BCUT2D eigenvalue weighted by Crippen LogP contribution is 2.27. The first kappa shape index (κ1) is 22.4. The van der Waals surface area contributed by atoms with E-state index in [1.54, 1.807) is 48.5 Å². The first-order valence-corrected chi connectivity index (χ1v) is 11.4. The van der Waals surface area contributed by atoms with Crippen molar-refractivity contribution in [3.05, 3.63) is 131 Å². The van der Waals surface area contributed by atoms with E-state index in [0.717, 1.165) is 16.5 Å². The van der Waals surface area contributed by atoms with Gasteiger partial charge >= 0.3 is 0 Å². The molecule has 0 unspecified atom stereocenters. The molecule has 1 N–H and O–H groups in total. The van der Waals surface area contributed by atoms with Crippen molar-refractivity contribution in [3.8, 4) is 5.75 Å². The number of benzene rings is 4. The monoisotopic (exact) mass is 481 g/mol. The van der Waals surface area contributed by atoms with E-state index < -0.39 is 5.91 Å². The number of anilines is 1. The number of hydrogen-bond acceptors (Lipinski definition) is 4. The van der Waals surface area contributed by atoms with E-state index in [1.807, 2.05) is 48.5 Å². The number of ether oxygens (including phenoxy) is 1. The minimum absolute atomic E-state index is 0.106. The molecule has 35 heavy (non-hydrogen) atoms. The molecule has 172 valence electrons. The van der Waals surface area contributed by atoms with Crippen molar-refractivity contribution in [1.29, 1.82) is 0 Å². The summed E-state index contributed by atoms with van der Waals surface area (Å²) in [4.78, 5) is 25.9. The average molecular weight is 482 g/mol. The fourth-order valence-corrected chi connectivity index (χ4v) is 3.96. The highest BCUT2D eigenvalue weighted by Gasteiger charge is 2.18. The smallest absolute Gasteiger partial charge is 0.291 e. The molecular formula is C29H20ClNO4. The lowest BCUT2D eigenvalue weighted by molar-refractivity contribution is 0.0992. The molecule has 0 fully saturated rings. The van der Waals surface area contributed by atoms with Gasteiger partial charge in [-0.05, 0) is 41.8 Å². The second-order valence-corrected chi connectivity index (χ2v) is 8.31. The van der Waals surface area contributed by atoms with Crippen LogP contribution in [0.5, 0.6) is 5.75 Å². The Morgan fingerprint density at radius 1 is 0.829 bits per heavy atom. The van der Waals surface area contributed by atoms with Crippen LogP contribution in [0.3, 0.4) is 0 Å². The summed E-state index contributed by atoms with van der Waals surface area (Å²) < 4.78 is 11.7. The van der Waals surface area contributed by atoms with Gasteiger partial charge in [0.25, 0.3) is 5.91 Å². The number of halogens is 1. The van der Waals surface area contributed by atoms with Crippen molar-refractivity contribution in [2.45, 2.75) is 6.61 Å². The number of carbonyl (C=O) groups is 2. The minimum atomic E-state index is -0.481. The molecule has 0 radical (unpaired) electrons. The molecule has 0 bridgehead atoms. The second kappa shape index (κ2) is 9.87. The standard InChI is InChI=1S/C29H20ClNO4/c30-21-13-15-25(24(17-21)28(32)20-8-2-1-3-9-20)31-29(33)27-16-14-22(35-27)18-34-26-12-6-10-19-7-4-5-11-23(19)26/h1-17H,18H2,(H,31,33). The number of furan rings is 1. The van der Waals surface area contributed by atoms with Crippen molar-refractivity contribution in [2.24, 2.45) is 0 Å². The third-order valence-electron chi connectivity index (χ3n) is 5.52.